The first-order chi connectivity index (χ1) is 14.9. The number of hydrogen-bond acceptors (Lipinski definition) is 6. The van der Waals surface area contributed by atoms with Crippen LogP contribution in [0.4, 0.5) is 13.2 Å². The van der Waals surface area contributed by atoms with E-state index in [0.717, 1.165) is 18.7 Å². The van der Waals surface area contributed by atoms with E-state index in [9.17, 15) is 23.1 Å². The van der Waals surface area contributed by atoms with Crippen LogP contribution in [0.1, 0.15) is 32.0 Å². The molecule has 3 aromatic rings. The number of aromatic nitrogens is 2. The van der Waals surface area contributed by atoms with E-state index >= 15 is 0 Å². The van der Waals surface area contributed by atoms with Crippen molar-refractivity contribution in [3.8, 4) is 0 Å². The van der Waals surface area contributed by atoms with E-state index in [0.29, 0.717) is 17.6 Å². The molecule has 11 heteroatoms. The molecule has 174 valence electrons. The summed E-state index contributed by atoms with van der Waals surface area (Å²) < 4.78 is 52.2. The fraction of sp³-hybridized carbons (Fsp3) is 0.429. The molecule has 1 aromatic carbocycles. The van der Waals surface area contributed by atoms with Gasteiger partial charge in [0.05, 0.1) is 12.6 Å². The van der Waals surface area contributed by atoms with Crippen molar-refractivity contribution in [2.75, 3.05) is 13.7 Å². The predicted molar refractivity (Wildman–Crippen MR) is 119 cm³/mol. The summed E-state index contributed by atoms with van der Waals surface area (Å²) in [7, 11) is -0.268. The van der Waals surface area contributed by atoms with Crippen LogP contribution in [0, 0.1) is 0 Å². The highest BCUT2D eigenvalue weighted by atomic mass is 32.1. The minimum Gasteiger partial charge on any atom is -0.464 e. The van der Waals surface area contributed by atoms with Crippen LogP contribution >= 0.6 is 11.3 Å². The molecule has 0 bridgehead atoms. The summed E-state index contributed by atoms with van der Waals surface area (Å²) in [5, 5.41) is 11.3. The van der Waals surface area contributed by atoms with Gasteiger partial charge < -0.3 is 19.1 Å². The Kier molecular flexibility index (Phi) is 7.13. The van der Waals surface area contributed by atoms with Crippen LogP contribution in [0.2, 0.25) is 25.7 Å². The van der Waals surface area contributed by atoms with Crippen molar-refractivity contribution in [2.24, 2.45) is 0 Å². The smallest absolute Gasteiger partial charge is 0.428 e. The van der Waals surface area contributed by atoms with Crippen molar-refractivity contribution in [2.45, 2.75) is 44.7 Å². The van der Waals surface area contributed by atoms with Crippen LogP contribution in [-0.4, -0.2) is 42.4 Å². The Bertz CT molecular complexity index is 1100. The Morgan fingerprint density at radius 3 is 2.59 bits per heavy atom. The quantitative estimate of drug-likeness (QED) is 0.266. The van der Waals surface area contributed by atoms with Gasteiger partial charge >= 0.3 is 12.1 Å². The summed E-state index contributed by atoms with van der Waals surface area (Å²) in [4.78, 5) is 14.4. The third-order valence-electron chi connectivity index (χ3n) is 4.85. The van der Waals surface area contributed by atoms with Crippen LogP contribution in [0.15, 0.2) is 30.5 Å². The van der Waals surface area contributed by atoms with Crippen molar-refractivity contribution in [1.29, 1.82) is 0 Å². The molecule has 0 saturated carbocycles. The standard InChI is InChI=1S/C21H25F3N2O4SSi/c1-29-20(28)16-18(21(22,23)24)31-19(25-16)17(27)14-11-26(12-30-9-10-32(2,3)4)15-8-6-5-7-13(14)15/h5-8,11,17,27H,9-10,12H2,1-4H3. The summed E-state index contributed by atoms with van der Waals surface area (Å²) in [6, 6.07) is 8.22. The lowest BCUT2D eigenvalue weighted by Crippen LogP contribution is -2.21. The van der Waals surface area contributed by atoms with Crippen molar-refractivity contribution in [3.63, 3.8) is 0 Å². The lowest BCUT2D eigenvalue weighted by Gasteiger charge is -2.15. The Balaban J connectivity index is 1.94. The van der Waals surface area contributed by atoms with Gasteiger partial charge in [-0.3, -0.25) is 0 Å². The van der Waals surface area contributed by atoms with E-state index in [1.165, 1.54) is 0 Å². The number of alkyl halides is 3. The summed E-state index contributed by atoms with van der Waals surface area (Å²) in [6.07, 6.45) is -4.60. The van der Waals surface area contributed by atoms with Gasteiger partial charge in [0.1, 0.15) is 22.7 Å². The molecule has 1 N–H and O–H groups in total. The molecule has 0 saturated heterocycles. The molecule has 0 fully saturated rings. The number of rotatable bonds is 8. The fourth-order valence-corrected chi connectivity index (χ4v) is 4.84. The normalized spacial score (nSPS) is 13.5. The number of para-hydroxylation sites is 1. The van der Waals surface area contributed by atoms with Gasteiger partial charge in [0.15, 0.2) is 5.69 Å². The molecule has 0 amide bonds. The first-order valence-electron chi connectivity index (χ1n) is 9.92. The molecule has 1 atom stereocenters. The van der Waals surface area contributed by atoms with E-state index in [1.807, 2.05) is 12.1 Å². The molecule has 0 aliphatic carbocycles. The van der Waals surface area contributed by atoms with Gasteiger partial charge in [-0.1, -0.05) is 37.8 Å². The molecule has 0 aliphatic heterocycles. The predicted octanol–water partition coefficient (Wildman–Crippen LogP) is 5.30. The van der Waals surface area contributed by atoms with E-state index in [-0.39, 0.29) is 23.1 Å². The van der Waals surface area contributed by atoms with E-state index < -0.39 is 36.9 Å². The zero-order valence-corrected chi connectivity index (χ0v) is 20.0. The van der Waals surface area contributed by atoms with Crippen LogP contribution in [0.25, 0.3) is 10.9 Å². The maximum atomic E-state index is 13.4. The monoisotopic (exact) mass is 486 g/mol. The highest BCUT2D eigenvalue weighted by Gasteiger charge is 2.40. The maximum absolute atomic E-state index is 13.4. The molecule has 0 radical (unpaired) electrons. The van der Waals surface area contributed by atoms with E-state index in [4.69, 9.17) is 4.74 Å². The van der Waals surface area contributed by atoms with Crippen LogP contribution < -0.4 is 0 Å². The Hall–Kier alpha value is -2.21. The Morgan fingerprint density at radius 2 is 1.97 bits per heavy atom. The highest BCUT2D eigenvalue weighted by Crippen LogP contribution is 2.40. The number of ether oxygens (including phenoxy) is 2. The number of hydrogen-bond donors (Lipinski definition) is 1. The number of methoxy groups -OCH3 is 1. The van der Waals surface area contributed by atoms with Crippen LogP contribution in [0.5, 0.6) is 0 Å². The number of carbonyl (C=O) groups is 1. The summed E-state index contributed by atoms with van der Waals surface area (Å²) in [5.74, 6) is -1.20. The van der Waals surface area contributed by atoms with E-state index in [1.54, 1.807) is 22.9 Å². The number of carbonyl (C=O) groups excluding carboxylic acids is 1. The molecular weight excluding hydrogens is 461 g/mol. The second kappa shape index (κ2) is 9.34. The number of fused-ring (bicyclic) bond motifs is 1. The largest absolute Gasteiger partial charge is 0.464 e. The SMILES string of the molecule is COC(=O)c1nc(C(O)c2cn(COCC[Si](C)(C)C)c3ccccc23)sc1C(F)(F)F. The molecule has 0 aliphatic rings. The first-order valence-corrected chi connectivity index (χ1v) is 14.4. The molecule has 2 aromatic heterocycles. The lowest BCUT2D eigenvalue weighted by molar-refractivity contribution is -0.135. The number of thiazole rings is 1. The second-order valence-electron chi connectivity index (χ2n) is 8.54. The van der Waals surface area contributed by atoms with Crippen molar-refractivity contribution in [1.82, 2.24) is 9.55 Å². The molecule has 3 rings (SSSR count). The van der Waals surface area contributed by atoms with Crippen molar-refractivity contribution >= 4 is 36.3 Å². The molecule has 32 heavy (non-hydrogen) atoms. The number of nitrogens with zero attached hydrogens (tertiary/aromatic N) is 2. The molecule has 1 unspecified atom stereocenters. The van der Waals surface area contributed by atoms with Crippen molar-refractivity contribution in [3.05, 3.63) is 51.6 Å². The van der Waals surface area contributed by atoms with Crippen molar-refractivity contribution < 1.29 is 32.5 Å². The molecular formula is C21H25F3N2O4SSi. The average molecular weight is 487 g/mol. The summed E-state index contributed by atoms with van der Waals surface area (Å²) in [6.45, 7) is 7.60. The number of halogens is 3. The first kappa shape index (κ1) is 24.4. The van der Waals surface area contributed by atoms with Gasteiger partial charge in [-0.15, -0.1) is 11.3 Å². The topological polar surface area (TPSA) is 73.6 Å². The zero-order chi connectivity index (χ0) is 23.7. The molecule has 0 spiro atoms. The third-order valence-corrected chi connectivity index (χ3v) is 7.71. The highest BCUT2D eigenvalue weighted by molar-refractivity contribution is 7.12. The van der Waals surface area contributed by atoms with E-state index in [2.05, 4.69) is 29.4 Å². The van der Waals surface area contributed by atoms with Gasteiger partial charge in [-0.05, 0) is 12.1 Å². The fourth-order valence-electron chi connectivity index (χ4n) is 3.15. The average Bonchev–Trinajstić information content (AvgIpc) is 3.32. The maximum Gasteiger partial charge on any atom is 0.428 e. The third kappa shape index (κ3) is 5.40. The van der Waals surface area contributed by atoms with Crippen LogP contribution in [-0.2, 0) is 22.4 Å². The summed E-state index contributed by atoms with van der Waals surface area (Å²) >= 11 is 0.232. The Morgan fingerprint density at radius 1 is 1.28 bits per heavy atom. The number of esters is 1. The Labute approximate surface area is 188 Å². The molecule has 2 heterocycles. The molecule has 6 nitrogen and oxygen atoms in total. The lowest BCUT2D eigenvalue weighted by atomic mass is 10.1. The second-order valence-corrected chi connectivity index (χ2v) is 15.2. The minimum absolute atomic E-state index is 0.232. The van der Waals surface area contributed by atoms with Gasteiger partial charge in [-0.25, -0.2) is 9.78 Å². The van der Waals surface area contributed by atoms with Gasteiger partial charge in [-0.2, -0.15) is 13.2 Å². The number of benzene rings is 1. The zero-order valence-electron chi connectivity index (χ0n) is 18.2. The van der Waals surface area contributed by atoms with Gasteiger partial charge in [0, 0.05) is 31.8 Å². The number of aliphatic hydroxyl groups excluding tert-OH is 1. The van der Waals surface area contributed by atoms with Gasteiger partial charge in [0.25, 0.3) is 0 Å². The minimum atomic E-state index is -4.79. The van der Waals surface area contributed by atoms with Crippen LogP contribution in [0.3, 0.4) is 0 Å². The number of aliphatic hydroxyl groups is 1. The summed E-state index contributed by atoms with van der Waals surface area (Å²) in [5.41, 5.74) is 0.307. The van der Waals surface area contributed by atoms with Gasteiger partial charge in [0.2, 0.25) is 0 Å².